The lowest BCUT2D eigenvalue weighted by Gasteiger charge is -2.05. The maximum Gasteiger partial charge on any atom is 0.307 e. The molecule has 1 saturated carbocycles. The summed E-state index contributed by atoms with van der Waals surface area (Å²) in [5.74, 6) is -3.33. The van der Waals surface area contributed by atoms with Crippen LogP contribution in [0.15, 0.2) is 18.2 Å². The average molecular weight is 258 g/mol. The van der Waals surface area contributed by atoms with Gasteiger partial charge in [-0.05, 0) is 24.6 Å². The summed E-state index contributed by atoms with van der Waals surface area (Å²) in [6, 6.07) is 3.87. The summed E-state index contributed by atoms with van der Waals surface area (Å²) < 4.78 is 13.3. The topological polar surface area (TPSA) is 66.4 Å². The van der Waals surface area contributed by atoms with Gasteiger partial charge in [-0.2, -0.15) is 0 Å². The number of anilines is 1. The van der Waals surface area contributed by atoms with Gasteiger partial charge in [0.2, 0.25) is 5.91 Å². The molecule has 2 rings (SSSR count). The molecular weight excluding hydrogens is 249 g/mol. The number of aliphatic carboxylic acids is 1. The van der Waals surface area contributed by atoms with Gasteiger partial charge in [-0.15, -0.1) is 0 Å². The SMILES string of the molecule is O=C(Nc1ccc(Cl)cc1F)[C@H]1C[C@H]1C(=O)O. The summed E-state index contributed by atoms with van der Waals surface area (Å²) in [5.41, 5.74) is 0.00967. The van der Waals surface area contributed by atoms with Gasteiger partial charge in [-0.25, -0.2) is 4.39 Å². The van der Waals surface area contributed by atoms with Gasteiger partial charge in [0, 0.05) is 5.02 Å². The zero-order valence-electron chi connectivity index (χ0n) is 8.61. The third-order valence-electron chi connectivity index (χ3n) is 2.63. The van der Waals surface area contributed by atoms with E-state index in [2.05, 4.69) is 5.32 Å². The number of carboxylic acids is 1. The highest BCUT2D eigenvalue weighted by Gasteiger charge is 2.48. The van der Waals surface area contributed by atoms with E-state index in [1.165, 1.54) is 12.1 Å². The number of rotatable bonds is 3. The molecule has 0 heterocycles. The number of hydrogen-bond donors (Lipinski definition) is 2. The molecule has 6 heteroatoms. The van der Waals surface area contributed by atoms with Crippen molar-refractivity contribution in [2.75, 3.05) is 5.32 Å². The van der Waals surface area contributed by atoms with E-state index in [0.29, 0.717) is 6.42 Å². The molecule has 2 N–H and O–H groups in total. The molecule has 1 aliphatic carbocycles. The smallest absolute Gasteiger partial charge is 0.307 e. The Kier molecular flexibility index (Phi) is 3.02. The lowest BCUT2D eigenvalue weighted by molar-refractivity contribution is -0.139. The third kappa shape index (κ3) is 2.55. The second-order valence-electron chi connectivity index (χ2n) is 3.90. The van der Waals surface area contributed by atoms with Crippen LogP contribution < -0.4 is 5.32 Å². The fourth-order valence-corrected chi connectivity index (χ4v) is 1.73. The number of carbonyl (C=O) groups is 2. The van der Waals surface area contributed by atoms with E-state index < -0.39 is 29.5 Å². The molecule has 1 fully saturated rings. The van der Waals surface area contributed by atoms with Crippen molar-refractivity contribution in [3.8, 4) is 0 Å². The Hall–Kier alpha value is -1.62. The summed E-state index contributed by atoms with van der Waals surface area (Å²) in [6.45, 7) is 0. The van der Waals surface area contributed by atoms with E-state index in [9.17, 15) is 14.0 Å². The van der Waals surface area contributed by atoms with Crippen LogP contribution in [-0.4, -0.2) is 17.0 Å². The Morgan fingerprint density at radius 3 is 2.65 bits per heavy atom. The molecule has 2 atom stereocenters. The van der Waals surface area contributed by atoms with Crippen LogP contribution in [0.5, 0.6) is 0 Å². The molecule has 0 aromatic heterocycles. The zero-order chi connectivity index (χ0) is 12.6. The van der Waals surface area contributed by atoms with Gasteiger partial charge in [0.15, 0.2) is 0 Å². The maximum absolute atomic E-state index is 13.3. The van der Waals surface area contributed by atoms with E-state index in [1.54, 1.807) is 0 Å². The summed E-state index contributed by atoms with van der Waals surface area (Å²) in [6.07, 6.45) is 0.302. The molecule has 0 aliphatic heterocycles. The van der Waals surface area contributed by atoms with Crippen LogP contribution in [0.4, 0.5) is 10.1 Å². The quantitative estimate of drug-likeness (QED) is 0.872. The Morgan fingerprint density at radius 2 is 2.12 bits per heavy atom. The second-order valence-corrected chi connectivity index (χ2v) is 4.34. The maximum atomic E-state index is 13.3. The first-order valence-electron chi connectivity index (χ1n) is 4.98. The molecule has 0 saturated heterocycles. The first kappa shape index (κ1) is 11.9. The highest BCUT2D eigenvalue weighted by molar-refractivity contribution is 6.30. The number of carbonyl (C=O) groups excluding carboxylic acids is 1. The van der Waals surface area contributed by atoms with Crippen LogP contribution in [0.1, 0.15) is 6.42 Å². The number of halogens is 2. The fourth-order valence-electron chi connectivity index (χ4n) is 1.57. The normalized spacial score (nSPS) is 22.0. The number of carboxylic acid groups (broad SMARTS) is 1. The highest BCUT2D eigenvalue weighted by atomic mass is 35.5. The first-order valence-corrected chi connectivity index (χ1v) is 5.35. The van der Waals surface area contributed by atoms with Gasteiger partial charge in [-0.3, -0.25) is 9.59 Å². The van der Waals surface area contributed by atoms with E-state index in [1.807, 2.05) is 0 Å². The summed E-state index contributed by atoms with van der Waals surface area (Å²) >= 11 is 5.56. The minimum atomic E-state index is -0.998. The van der Waals surface area contributed by atoms with E-state index in [0.717, 1.165) is 6.07 Å². The largest absolute Gasteiger partial charge is 0.481 e. The van der Waals surface area contributed by atoms with E-state index in [-0.39, 0.29) is 10.7 Å². The molecule has 0 radical (unpaired) electrons. The predicted octanol–water partition coefficient (Wildman–Crippen LogP) is 2.14. The molecule has 1 aromatic carbocycles. The Labute approximate surface area is 101 Å². The molecule has 0 bridgehead atoms. The van der Waals surface area contributed by atoms with Crippen molar-refractivity contribution < 1.29 is 19.1 Å². The van der Waals surface area contributed by atoms with Crippen LogP contribution in [0.2, 0.25) is 5.02 Å². The van der Waals surface area contributed by atoms with Crippen molar-refractivity contribution in [3.63, 3.8) is 0 Å². The van der Waals surface area contributed by atoms with Crippen molar-refractivity contribution in [3.05, 3.63) is 29.0 Å². The van der Waals surface area contributed by atoms with Crippen LogP contribution in [0.25, 0.3) is 0 Å². The first-order chi connectivity index (χ1) is 7.99. The van der Waals surface area contributed by atoms with Gasteiger partial charge in [-0.1, -0.05) is 11.6 Å². The molecule has 0 spiro atoms. The fraction of sp³-hybridized carbons (Fsp3) is 0.273. The molecule has 1 amide bonds. The van der Waals surface area contributed by atoms with Crippen molar-refractivity contribution in [1.82, 2.24) is 0 Å². The minimum Gasteiger partial charge on any atom is -0.481 e. The minimum absolute atomic E-state index is 0.00967. The Morgan fingerprint density at radius 1 is 1.41 bits per heavy atom. The lowest BCUT2D eigenvalue weighted by atomic mass is 10.2. The van der Waals surface area contributed by atoms with Gasteiger partial charge >= 0.3 is 5.97 Å². The number of benzene rings is 1. The van der Waals surface area contributed by atoms with Crippen LogP contribution in [0, 0.1) is 17.7 Å². The van der Waals surface area contributed by atoms with Crippen LogP contribution >= 0.6 is 11.6 Å². The van der Waals surface area contributed by atoms with Crippen molar-refractivity contribution in [2.45, 2.75) is 6.42 Å². The summed E-state index contributed by atoms with van der Waals surface area (Å²) in [5, 5.41) is 11.2. The second kappa shape index (κ2) is 4.33. The summed E-state index contributed by atoms with van der Waals surface area (Å²) in [7, 11) is 0. The van der Waals surface area contributed by atoms with E-state index >= 15 is 0 Å². The van der Waals surface area contributed by atoms with Crippen LogP contribution in [-0.2, 0) is 9.59 Å². The average Bonchev–Trinajstić information content (AvgIpc) is 3.01. The molecule has 1 aromatic rings. The van der Waals surface area contributed by atoms with Gasteiger partial charge in [0.25, 0.3) is 0 Å². The van der Waals surface area contributed by atoms with Gasteiger partial charge < -0.3 is 10.4 Å². The lowest BCUT2D eigenvalue weighted by Crippen LogP contribution is -2.17. The molecule has 90 valence electrons. The van der Waals surface area contributed by atoms with E-state index in [4.69, 9.17) is 16.7 Å². The molecule has 4 nitrogen and oxygen atoms in total. The number of nitrogens with one attached hydrogen (secondary N) is 1. The molecule has 0 unspecified atom stereocenters. The van der Waals surface area contributed by atoms with Crippen molar-refractivity contribution in [1.29, 1.82) is 0 Å². The Bertz CT molecular complexity index is 492. The van der Waals surface area contributed by atoms with Crippen LogP contribution in [0.3, 0.4) is 0 Å². The van der Waals surface area contributed by atoms with Gasteiger partial charge in [0.1, 0.15) is 5.82 Å². The third-order valence-corrected chi connectivity index (χ3v) is 2.87. The van der Waals surface area contributed by atoms with Crippen molar-refractivity contribution in [2.24, 2.45) is 11.8 Å². The van der Waals surface area contributed by atoms with Crippen molar-refractivity contribution >= 4 is 29.2 Å². The Balaban J connectivity index is 2.02. The molecule has 17 heavy (non-hydrogen) atoms. The molecular formula is C11H9ClFNO3. The zero-order valence-corrected chi connectivity index (χ0v) is 9.37. The number of hydrogen-bond acceptors (Lipinski definition) is 2. The standard InChI is InChI=1S/C11H9ClFNO3/c12-5-1-2-9(8(13)3-5)14-10(15)6-4-7(6)11(16)17/h1-3,6-7H,4H2,(H,14,15)(H,16,17)/t6-,7+/m0/s1. The molecule has 1 aliphatic rings. The monoisotopic (exact) mass is 257 g/mol. The number of amides is 1. The summed E-state index contributed by atoms with van der Waals surface area (Å²) in [4.78, 5) is 22.1. The van der Waals surface area contributed by atoms with Gasteiger partial charge in [0.05, 0.1) is 17.5 Å². The highest BCUT2D eigenvalue weighted by Crippen LogP contribution is 2.39. The predicted molar refractivity (Wildman–Crippen MR) is 59.3 cm³/mol.